The summed E-state index contributed by atoms with van der Waals surface area (Å²) in [6, 6.07) is 7.30. The minimum absolute atomic E-state index is 0.122. The molecule has 142 valence electrons. The summed E-state index contributed by atoms with van der Waals surface area (Å²) in [6.45, 7) is 5.28. The maximum atomic E-state index is 12.3. The van der Waals surface area contributed by atoms with Crippen LogP contribution in [0.1, 0.15) is 24.9 Å². The monoisotopic (exact) mass is 405 g/mol. The van der Waals surface area contributed by atoms with Crippen LogP contribution < -0.4 is 5.32 Å². The summed E-state index contributed by atoms with van der Waals surface area (Å²) in [5, 5.41) is 14.0. The SMILES string of the molecule is CCCN(CC(=O)Nc1nc(C)cs1)Cc1nnc(-c2ccccc2Cl)o1. The second-order valence-electron chi connectivity index (χ2n) is 6.03. The van der Waals surface area contributed by atoms with E-state index in [1.165, 1.54) is 11.3 Å². The van der Waals surface area contributed by atoms with Gasteiger partial charge in [-0.15, -0.1) is 21.5 Å². The number of nitrogens with one attached hydrogen (secondary N) is 1. The van der Waals surface area contributed by atoms with E-state index in [0.717, 1.165) is 18.7 Å². The maximum Gasteiger partial charge on any atom is 0.249 e. The van der Waals surface area contributed by atoms with Crippen LogP contribution >= 0.6 is 22.9 Å². The summed E-state index contributed by atoms with van der Waals surface area (Å²) in [7, 11) is 0. The van der Waals surface area contributed by atoms with Gasteiger partial charge in [0.1, 0.15) is 0 Å². The standard InChI is InChI=1S/C18H20ClN5O2S/c1-3-8-24(9-15(25)21-18-20-12(2)11-27-18)10-16-22-23-17(26-16)13-6-4-5-7-14(13)19/h4-7,11H,3,8-10H2,1-2H3,(H,20,21,25). The van der Waals surface area contributed by atoms with Gasteiger partial charge in [0.05, 0.1) is 29.4 Å². The normalized spacial score (nSPS) is 11.1. The number of hydrogen-bond donors (Lipinski definition) is 1. The van der Waals surface area contributed by atoms with E-state index in [2.05, 4.69) is 27.4 Å². The largest absolute Gasteiger partial charge is 0.419 e. The molecule has 7 nitrogen and oxygen atoms in total. The van der Waals surface area contributed by atoms with Crippen molar-refractivity contribution in [2.24, 2.45) is 0 Å². The fraction of sp³-hybridized carbons (Fsp3) is 0.333. The van der Waals surface area contributed by atoms with Crippen LogP contribution in [0.4, 0.5) is 5.13 Å². The predicted molar refractivity (Wildman–Crippen MR) is 106 cm³/mol. The molecule has 0 radical (unpaired) electrons. The Hall–Kier alpha value is -2.29. The molecule has 0 aliphatic heterocycles. The Labute approximate surface area is 166 Å². The van der Waals surface area contributed by atoms with Crippen molar-refractivity contribution in [3.8, 4) is 11.5 Å². The molecule has 0 aliphatic carbocycles. The number of nitrogens with zero attached hydrogens (tertiary/aromatic N) is 4. The molecule has 3 rings (SSSR count). The molecule has 0 spiro atoms. The first-order valence-corrected chi connectivity index (χ1v) is 9.82. The molecule has 0 unspecified atom stereocenters. The third-order valence-electron chi connectivity index (χ3n) is 3.70. The second kappa shape index (κ2) is 9.07. The summed E-state index contributed by atoms with van der Waals surface area (Å²) in [5.74, 6) is 0.690. The first-order chi connectivity index (χ1) is 13.0. The number of carbonyl (C=O) groups excluding carboxylic acids is 1. The van der Waals surface area contributed by atoms with Crippen LogP contribution in [-0.2, 0) is 11.3 Å². The molecular weight excluding hydrogens is 386 g/mol. The Balaban J connectivity index is 1.64. The Bertz CT molecular complexity index is 911. The van der Waals surface area contributed by atoms with E-state index in [4.69, 9.17) is 16.0 Å². The van der Waals surface area contributed by atoms with Crippen molar-refractivity contribution in [1.29, 1.82) is 0 Å². The van der Waals surface area contributed by atoms with E-state index < -0.39 is 0 Å². The van der Waals surface area contributed by atoms with Gasteiger partial charge in [-0.3, -0.25) is 9.69 Å². The fourth-order valence-electron chi connectivity index (χ4n) is 2.56. The molecule has 1 N–H and O–H groups in total. The summed E-state index contributed by atoms with van der Waals surface area (Å²) in [6.07, 6.45) is 0.898. The zero-order valence-corrected chi connectivity index (χ0v) is 16.7. The number of amides is 1. The lowest BCUT2D eigenvalue weighted by Gasteiger charge is -2.18. The van der Waals surface area contributed by atoms with E-state index in [0.29, 0.717) is 34.0 Å². The van der Waals surface area contributed by atoms with Gasteiger partial charge < -0.3 is 9.73 Å². The summed E-state index contributed by atoms with van der Waals surface area (Å²) < 4.78 is 5.74. The van der Waals surface area contributed by atoms with Gasteiger partial charge in [-0.05, 0) is 32.0 Å². The van der Waals surface area contributed by atoms with Gasteiger partial charge in [0.25, 0.3) is 0 Å². The van der Waals surface area contributed by atoms with Crippen LogP contribution in [0.5, 0.6) is 0 Å². The van der Waals surface area contributed by atoms with Crippen LogP contribution in [0.2, 0.25) is 5.02 Å². The average Bonchev–Trinajstić information content (AvgIpc) is 3.24. The molecule has 2 heterocycles. The van der Waals surface area contributed by atoms with Crippen molar-refractivity contribution < 1.29 is 9.21 Å². The van der Waals surface area contributed by atoms with E-state index in [-0.39, 0.29) is 12.5 Å². The minimum atomic E-state index is -0.122. The number of benzene rings is 1. The Morgan fingerprint density at radius 1 is 1.33 bits per heavy atom. The topological polar surface area (TPSA) is 84.2 Å². The number of aryl methyl sites for hydroxylation is 1. The van der Waals surface area contributed by atoms with Gasteiger partial charge in [-0.1, -0.05) is 30.7 Å². The molecular formula is C18H20ClN5O2S. The van der Waals surface area contributed by atoms with Gasteiger partial charge in [0.2, 0.25) is 17.7 Å². The highest BCUT2D eigenvalue weighted by Gasteiger charge is 2.17. The van der Waals surface area contributed by atoms with Crippen molar-refractivity contribution in [3.05, 3.63) is 46.3 Å². The predicted octanol–water partition coefficient (Wildman–Crippen LogP) is 4.01. The first kappa shape index (κ1) is 19.5. The highest BCUT2D eigenvalue weighted by atomic mass is 35.5. The van der Waals surface area contributed by atoms with Crippen molar-refractivity contribution in [2.45, 2.75) is 26.8 Å². The van der Waals surface area contributed by atoms with Crippen LogP contribution in [0, 0.1) is 6.92 Å². The van der Waals surface area contributed by atoms with Crippen LogP contribution in [0.15, 0.2) is 34.1 Å². The zero-order valence-electron chi connectivity index (χ0n) is 15.1. The third-order valence-corrected chi connectivity index (χ3v) is 4.91. The van der Waals surface area contributed by atoms with Crippen molar-refractivity contribution in [2.75, 3.05) is 18.4 Å². The van der Waals surface area contributed by atoms with E-state index in [1.54, 1.807) is 6.07 Å². The van der Waals surface area contributed by atoms with Crippen molar-refractivity contribution in [1.82, 2.24) is 20.1 Å². The highest BCUT2D eigenvalue weighted by molar-refractivity contribution is 7.13. The van der Waals surface area contributed by atoms with Gasteiger partial charge in [0.15, 0.2) is 5.13 Å². The number of aromatic nitrogens is 3. The van der Waals surface area contributed by atoms with E-state index >= 15 is 0 Å². The van der Waals surface area contributed by atoms with E-state index in [9.17, 15) is 4.79 Å². The molecule has 9 heteroatoms. The molecule has 27 heavy (non-hydrogen) atoms. The van der Waals surface area contributed by atoms with E-state index in [1.807, 2.05) is 35.4 Å². The number of anilines is 1. The lowest BCUT2D eigenvalue weighted by molar-refractivity contribution is -0.117. The van der Waals surface area contributed by atoms with Crippen LogP contribution in [-0.4, -0.2) is 39.1 Å². The molecule has 0 saturated carbocycles. The zero-order chi connectivity index (χ0) is 19.2. The molecule has 0 fully saturated rings. The Morgan fingerprint density at radius 3 is 2.85 bits per heavy atom. The second-order valence-corrected chi connectivity index (χ2v) is 7.30. The van der Waals surface area contributed by atoms with Crippen molar-refractivity contribution in [3.63, 3.8) is 0 Å². The molecule has 0 bridgehead atoms. The number of rotatable bonds is 8. The molecule has 2 aromatic heterocycles. The minimum Gasteiger partial charge on any atom is -0.419 e. The molecule has 1 aromatic carbocycles. The molecule has 3 aromatic rings. The lowest BCUT2D eigenvalue weighted by Crippen LogP contribution is -2.33. The van der Waals surface area contributed by atoms with Gasteiger partial charge in [0, 0.05) is 5.38 Å². The first-order valence-electron chi connectivity index (χ1n) is 8.56. The molecule has 0 saturated heterocycles. The van der Waals surface area contributed by atoms with Gasteiger partial charge in [-0.2, -0.15) is 0 Å². The summed E-state index contributed by atoms with van der Waals surface area (Å²) in [5.41, 5.74) is 1.58. The van der Waals surface area contributed by atoms with Gasteiger partial charge >= 0.3 is 0 Å². The highest BCUT2D eigenvalue weighted by Crippen LogP contribution is 2.26. The molecule has 0 aliphatic rings. The number of thiazole rings is 1. The number of hydrogen-bond acceptors (Lipinski definition) is 7. The fourth-order valence-corrected chi connectivity index (χ4v) is 3.48. The maximum absolute atomic E-state index is 12.3. The van der Waals surface area contributed by atoms with Crippen LogP contribution in [0.25, 0.3) is 11.5 Å². The third kappa shape index (κ3) is 5.35. The average molecular weight is 406 g/mol. The lowest BCUT2D eigenvalue weighted by atomic mass is 10.2. The smallest absolute Gasteiger partial charge is 0.249 e. The summed E-state index contributed by atoms with van der Waals surface area (Å²) >= 11 is 7.58. The Morgan fingerprint density at radius 2 is 2.15 bits per heavy atom. The quantitative estimate of drug-likeness (QED) is 0.609. The molecule has 0 atom stereocenters. The Kier molecular flexibility index (Phi) is 6.54. The number of halogens is 1. The van der Waals surface area contributed by atoms with Crippen LogP contribution in [0.3, 0.4) is 0 Å². The molecule has 1 amide bonds. The van der Waals surface area contributed by atoms with Gasteiger partial charge in [-0.25, -0.2) is 4.98 Å². The number of carbonyl (C=O) groups is 1. The van der Waals surface area contributed by atoms with Crippen molar-refractivity contribution >= 4 is 34.0 Å². The summed E-state index contributed by atoms with van der Waals surface area (Å²) in [4.78, 5) is 18.5.